The zero-order chi connectivity index (χ0) is 23.9. The summed E-state index contributed by atoms with van der Waals surface area (Å²) >= 11 is 0. The SMILES string of the molecule is O=C(Nc1ccc(-c2ccc(CS(=O)(=O)O)nc2)cc1)Nc1cc(C2(C(F)(F)F)CC2)on1. The number of carbonyl (C=O) groups is 1. The van der Waals surface area contributed by atoms with Crippen LogP contribution in [0, 0.1) is 0 Å². The number of nitrogens with zero attached hydrogens (tertiary/aromatic N) is 2. The molecule has 9 nitrogen and oxygen atoms in total. The second kappa shape index (κ2) is 8.15. The van der Waals surface area contributed by atoms with Crippen LogP contribution in [0.3, 0.4) is 0 Å². The molecule has 33 heavy (non-hydrogen) atoms. The van der Waals surface area contributed by atoms with Crippen molar-refractivity contribution >= 4 is 27.7 Å². The number of alkyl halides is 3. The third kappa shape index (κ3) is 5.14. The Kier molecular flexibility index (Phi) is 5.62. The zero-order valence-electron chi connectivity index (χ0n) is 16.8. The van der Waals surface area contributed by atoms with Gasteiger partial charge in [-0.25, -0.2) is 4.79 Å². The number of benzene rings is 1. The van der Waals surface area contributed by atoms with Gasteiger partial charge in [0.1, 0.15) is 11.2 Å². The number of hydrogen-bond donors (Lipinski definition) is 3. The molecule has 4 rings (SSSR count). The third-order valence-corrected chi connectivity index (χ3v) is 5.81. The molecule has 0 unspecified atom stereocenters. The summed E-state index contributed by atoms with van der Waals surface area (Å²) in [6.07, 6.45) is -3.16. The van der Waals surface area contributed by atoms with E-state index in [2.05, 4.69) is 20.8 Å². The average Bonchev–Trinajstić information content (AvgIpc) is 3.42. The summed E-state index contributed by atoms with van der Waals surface area (Å²) in [5.41, 5.74) is -0.0141. The largest absolute Gasteiger partial charge is 0.401 e. The van der Waals surface area contributed by atoms with Gasteiger partial charge in [0.15, 0.2) is 11.6 Å². The minimum absolute atomic E-state index is 0.0809. The van der Waals surface area contributed by atoms with Gasteiger partial charge < -0.3 is 9.84 Å². The highest BCUT2D eigenvalue weighted by atomic mass is 32.2. The van der Waals surface area contributed by atoms with Crippen molar-refractivity contribution in [3.8, 4) is 11.1 Å². The second-order valence-corrected chi connectivity index (χ2v) is 9.03. The van der Waals surface area contributed by atoms with Gasteiger partial charge in [-0.2, -0.15) is 21.6 Å². The van der Waals surface area contributed by atoms with E-state index < -0.39 is 33.5 Å². The van der Waals surface area contributed by atoms with Crippen LogP contribution in [0.4, 0.5) is 29.5 Å². The van der Waals surface area contributed by atoms with Gasteiger partial charge in [0.2, 0.25) is 0 Å². The number of pyridine rings is 1. The predicted molar refractivity (Wildman–Crippen MR) is 111 cm³/mol. The van der Waals surface area contributed by atoms with E-state index in [4.69, 9.17) is 9.08 Å². The Morgan fingerprint density at radius 3 is 2.30 bits per heavy atom. The number of anilines is 2. The number of nitrogens with one attached hydrogen (secondary N) is 2. The number of carbonyl (C=O) groups excluding carboxylic acids is 1. The van der Waals surface area contributed by atoms with E-state index in [0.717, 1.165) is 11.6 Å². The lowest BCUT2D eigenvalue weighted by Gasteiger charge is -2.14. The molecule has 1 fully saturated rings. The average molecular weight is 482 g/mol. The van der Waals surface area contributed by atoms with Gasteiger partial charge in [-0.15, -0.1) is 0 Å². The van der Waals surface area contributed by atoms with Crippen molar-refractivity contribution in [3.63, 3.8) is 0 Å². The van der Waals surface area contributed by atoms with E-state index in [1.54, 1.807) is 30.3 Å². The Balaban J connectivity index is 1.36. The summed E-state index contributed by atoms with van der Waals surface area (Å²) < 4.78 is 74.9. The molecule has 1 saturated carbocycles. The number of amides is 2. The monoisotopic (exact) mass is 482 g/mol. The van der Waals surface area contributed by atoms with Crippen LogP contribution in [0.2, 0.25) is 0 Å². The van der Waals surface area contributed by atoms with E-state index in [9.17, 15) is 26.4 Å². The molecule has 0 bridgehead atoms. The molecule has 1 aliphatic rings. The van der Waals surface area contributed by atoms with Crippen molar-refractivity contribution in [3.05, 3.63) is 60.1 Å². The smallest absolute Gasteiger partial charge is 0.358 e. The maximum Gasteiger partial charge on any atom is 0.401 e. The quantitative estimate of drug-likeness (QED) is 0.444. The van der Waals surface area contributed by atoms with E-state index in [1.165, 1.54) is 12.3 Å². The summed E-state index contributed by atoms with van der Waals surface area (Å²) in [6.45, 7) is 0. The van der Waals surface area contributed by atoms with E-state index in [-0.39, 0.29) is 30.1 Å². The summed E-state index contributed by atoms with van der Waals surface area (Å²) in [7, 11) is -4.17. The summed E-state index contributed by atoms with van der Waals surface area (Å²) in [5, 5.41) is 8.36. The van der Waals surface area contributed by atoms with Gasteiger partial charge in [-0.3, -0.25) is 14.9 Å². The minimum Gasteiger partial charge on any atom is -0.358 e. The number of aromatic nitrogens is 2. The van der Waals surface area contributed by atoms with Crippen molar-refractivity contribution < 1.29 is 35.5 Å². The maximum absolute atomic E-state index is 13.2. The first-order valence-corrected chi connectivity index (χ1v) is 11.2. The highest BCUT2D eigenvalue weighted by molar-refractivity contribution is 7.85. The molecule has 2 aromatic heterocycles. The fraction of sp³-hybridized carbons (Fsp3) is 0.250. The summed E-state index contributed by atoms with van der Waals surface area (Å²) in [6, 6.07) is 10.0. The molecule has 13 heteroatoms. The second-order valence-electron chi connectivity index (χ2n) is 7.58. The number of rotatable bonds is 6. The van der Waals surface area contributed by atoms with Crippen LogP contribution in [0.1, 0.15) is 24.3 Å². The molecule has 2 amide bonds. The molecule has 3 aromatic rings. The third-order valence-electron chi connectivity index (χ3n) is 5.15. The maximum atomic E-state index is 13.2. The van der Waals surface area contributed by atoms with E-state index in [1.807, 2.05) is 0 Å². The molecule has 174 valence electrons. The molecule has 1 aromatic carbocycles. The van der Waals surface area contributed by atoms with E-state index >= 15 is 0 Å². The van der Waals surface area contributed by atoms with Crippen molar-refractivity contribution in [1.29, 1.82) is 0 Å². The molecule has 0 radical (unpaired) electrons. The zero-order valence-corrected chi connectivity index (χ0v) is 17.6. The lowest BCUT2D eigenvalue weighted by molar-refractivity contribution is -0.165. The van der Waals surface area contributed by atoms with Gasteiger partial charge in [-0.05, 0) is 36.6 Å². The Labute approximate surface area is 185 Å². The molecule has 0 saturated heterocycles. The highest BCUT2D eigenvalue weighted by Crippen LogP contribution is 2.59. The first-order chi connectivity index (χ1) is 15.5. The van der Waals surface area contributed by atoms with Crippen LogP contribution in [-0.4, -0.2) is 35.3 Å². The molecule has 0 aliphatic heterocycles. The summed E-state index contributed by atoms with van der Waals surface area (Å²) in [5.74, 6) is -1.05. The lowest BCUT2D eigenvalue weighted by Crippen LogP contribution is -2.28. The molecule has 3 N–H and O–H groups in total. The van der Waals surface area contributed by atoms with Gasteiger partial charge >= 0.3 is 12.2 Å². The molecule has 2 heterocycles. The molecule has 0 spiro atoms. The Hall–Kier alpha value is -3.45. The molecular formula is C20H17F3N4O5S. The molecule has 0 atom stereocenters. The van der Waals surface area contributed by atoms with Crippen LogP contribution in [0.5, 0.6) is 0 Å². The van der Waals surface area contributed by atoms with Gasteiger partial charge in [0.05, 0.1) is 5.69 Å². The number of hydrogen-bond acceptors (Lipinski definition) is 6. The van der Waals surface area contributed by atoms with E-state index in [0.29, 0.717) is 11.3 Å². The fourth-order valence-corrected chi connectivity index (χ4v) is 3.79. The van der Waals surface area contributed by atoms with Gasteiger partial charge in [0.25, 0.3) is 10.1 Å². The Morgan fingerprint density at radius 2 is 1.76 bits per heavy atom. The Bertz CT molecular complexity index is 1270. The Morgan fingerprint density at radius 1 is 1.09 bits per heavy atom. The van der Waals surface area contributed by atoms with Crippen LogP contribution < -0.4 is 10.6 Å². The molecular weight excluding hydrogens is 465 g/mol. The van der Waals surface area contributed by atoms with Gasteiger partial charge in [0, 0.05) is 23.5 Å². The van der Waals surface area contributed by atoms with Crippen LogP contribution >= 0.6 is 0 Å². The van der Waals surface area contributed by atoms with Crippen molar-refractivity contribution in [1.82, 2.24) is 10.1 Å². The first-order valence-electron chi connectivity index (χ1n) is 9.58. The first kappa shape index (κ1) is 22.7. The standard InChI is InChI=1S/C20H17F3N4O5S/c21-20(22,23)19(7-8-19)16-9-17(27-32-16)26-18(28)25-14-4-1-12(2-5-14)13-3-6-15(24-10-13)11-33(29,30)31/h1-6,9-10H,7-8,11H2,(H,29,30,31)(H2,25,26,27,28). The van der Waals surface area contributed by atoms with Gasteiger partial charge in [-0.1, -0.05) is 23.4 Å². The fourth-order valence-electron chi connectivity index (χ4n) is 3.25. The highest BCUT2D eigenvalue weighted by Gasteiger charge is 2.66. The number of halogens is 3. The number of urea groups is 1. The van der Waals surface area contributed by atoms with Crippen molar-refractivity contribution in [2.75, 3.05) is 10.6 Å². The van der Waals surface area contributed by atoms with Crippen LogP contribution in [0.25, 0.3) is 11.1 Å². The van der Waals surface area contributed by atoms with Crippen LogP contribution in [-0.2, 0) is 21.3 Å². The molecule has 1 aliphatic carbocycles. The lowest BCUT2D eigenvalue weighted by atomic mass is 10.0. The van der Waals surface area contributed by atoms with Crippen molar-refractivity contribution in [2.24, 2.45) is 0 Å². The van der Waals surface area contributed by atoms with Crippen molar-refractivity contribution in [2.45, 2.75) is 30.2 Å². The minimum atomic E-state index is -4.44. The normalized spacial score (nSPS) is 15.2. The topological polar surface area (TPSA) is 134 Å². The van der Waals surface area contributed by atoms with Crippen LogP contribution in [0.15, 0.2) is 53.2 Å². The predicted octanol–water partition coefficient (Wildman–Crippen LogP) is 4.36. The summed E-state index contributed by atoms with van der Waals surface area (Å²) in [4.78, 5) is 16.1.